The molecule has 6 rings (SSSR count). The van der Waals surface area contributed by atoms with Crippen LogP contribution in [-0.2, 0) is 36.8 Å². The lowest BCUT2D eigenvalue weighted by molar-refractivity contribution is -0.197. The van der Waals surface area contributed by atoms with Crippen LogP contribution in [0.15, 0.2) is 42.5 Å². The van der Waals surface area contributed by atoms with Gasteiger partial charge in [-0.1, -0.05) is 24.3 Å². The Morgan fingerprint density at radius 2 is 1.77 bits per heavy atom. The lowest BCUT2D eigenvalue weighted by atomic mass is 9.89. The molecule has 3 saturated heterocycles. The predicted octanol–water partition coefficient (Wildman–Crippen LogP) is 4.86. The number of carbonyl (C=O) groups excluding carboxylic acids is 4. The number of benzene rings is 2. The van der Waals surface area contributed by atoms with E-state index in [1.165, 1.54) is 4.90 Å². The summed E-state index contributed by atoms with van der Waals surface area (Å²) < 4.78 is 49.1. The van der Waals surface area contributed by atoms with Gasteiger partial charge in [0.2, 0.25) is 11.8 Å². The number of ketones is 1. The summed E-state index contributed by atoms with van der Waals surface area (Å²) in [5.41, 5.74) is 2.59. The Kier molecular flexibility index (Phi) is 12.6. The first-order chi connectivity index (χ1) is 26.5. The maximum Gasteiger partial charge on any atom is 0.405 e. The van der Waals surface area contributed by atoms with Crippen molar-refractivity contribution in [1.82, 2.24) is 20.0 Å². The molecule has 4 aliphatic rings. The normalized spacial score (nSPS) is 25.0. The fourth-order valence-electron chi connectivity index (χ4n) is 8.56. The van der Waals surface area contributed by atoms with Gasteiger partial charge in [-0.3, -0.25) is 39.2 Å². The zero-order valence-corrected chi connectivity index (χ0v) is 32.9. The number of anilines is 1. The molecule has 300 valence electrons. The van der Waals surface area contributed by atoms with E-state index in [0.29, 0.717) is 47.9 Å². The number of halogens is 3. The summed E-state index contributed by atoms with van der Waals surface area (Å²) in [6.45, 7) is 6.10. The molecule has 0 bridgehead atoms. The lowest BCUT2D eigenvalue weighted by Gasteiger charge is -2.42. The number of amides is 3. The molecule has 1 unspecified atom stereocenters. The van der Waals surface area contributed by atoms with Crippen LogP contribution in [0.25, 0.3) is 0 Å². The molecule has 4 fully saturated rings. The number of alkyl halides is 3. The minimum Gasteiger partial charge on any atom is -0.377 e. The van der Waals surface area contributed by atoms with Crippen LogP contribution in [0, 0.1) is 24.2 Å². The summed E-state index contributed by atoms with van der Waals surface area (Å²) in [6, 6.07) is 12.8. The average molecular weight is 795 g/mol. The third kappa shape index (κ3) is 9.31. The first-order valence-electron chi connectivity index (χ1n) is 19.3. The van der Waals surface area contributed by atoms with Crippen molar-refractivity contribution in [3.8, 4) is 6.07 Å². The highest BCUT2D eigenvalue weighted by molar-refractivity contribution is 7.80. The topological polar surface area (TPSA) is 126 Å². The number of Topliss-reactive ketones (excluding diaryl/α,β-unsaturated/α-hetero) is 1. The van der Waals surface area contributed by atoms with Crippen LogP contribution in [0.5, 0.6) is 0 Å². The minimum absolute atomic E-state index is 0.0174. The van der Waals surface area contributed by atoms with E-state index in [1.54, 1.807) is 40.1 Å². The molecule has 56 heavy (non-hydrogen) atoms. The van der Waals surface area contributed by atoms with Gasteiger partial charge < -0.3 is 9.64 Å². The monoisotopic (exact) mass is 794 g/mol. The maximum atomic E-state index is 14.3. The Morgan fingerprint density at radius 3 is 2.45 bits per heavy atom. The van der Waals surface area contributed by atoms with Crippen LogP contribution in [0.2, 0.25) is 0 Å². The minimum atomic E-state index is -4.51. The summed E-state index contributed by atoms with van der Waals surface area (Å²) in [5.74, 6) is -1.39. The third-order valence-electron chi connectivity index (χ3n) is 11.6. The number of nitrogens with one attached hydrogen (secondary N) is 1. The molecular formula is C41H49F3N6O5S. The van der Waals surface area contributed by atoms with Gasteiger partial charge in [0, 0.05) is 51.0 Å². The fraction of sp³-hybridized carbons (Fsp3) is 0.561. The quantitative estimate of drug-likeness (QED) is 0.235. The molecule has 1 N–H and O–H groups in total. The average Bonchev–Trinajstić information content (AvgIpc) is 3.32. The lowest BCUT2D eigenvalue weighted by Crippen LogP contribution is -2.60. The van der Waals surface area contributed by atoms with Gasteiger partial charge in [0.15, 0.2) is 10.9 Å². The van der Waals surface area contributed by atoms with Crippen LogP contribution < -0.4 is 10.2 Å². The summed E-state index contributed by atoms with van der Waals surface area (Å²) in [4.78, 5) is 56.9. The van der Waals surface area contributed by atoms with Crippen LogP contribution in [0.4, 0.5) is 18.9 Å². The Labute approximate surface area is 331 Å². The smallest absolute Gasteiger partial charge is 0.377 e. The highest BCUT2D eigenvalue weighted by atomic mass is 32.1. The highest BCUT2D eigenvalue weighted by Gasteiger charge is 2.52. The molecule has 1 aliphatic carbocycles. The van der Waals surface area contributed by atoms with Gasteiger partial charge in [0.25, 0.3) is 5.91 Å². The van der Waals surface area contributed by atoms with Crippen LogP contribution in [-0.4, -0.2) is 113 Å². The van der Waals surface area contributed by atoms with E-state index >= 15 is 0 Å². The number of hydrogen-bond donors (Lipinski definition) is 1. The van der Waals surface area contributed by atoms with E-state index in [0.717, 1.165) is 36.8 Å². The number of hydrogen-bond acceptors (Lipinski definition) is 9. The summed E-state index contributed by atoms with van der Waals surface area (Å²) in [6.07, 6.45) is -0.504. The van der Waals surface area contributed by atoms with E-state index < -0.39 is 17.8 Å². The molecular weight excluding hydrogens is 746 g/mol. The molecule has 11 nitrogen and oxygen atoms in total. The van der Waals surface area contributed by atoms with Crippen molar-refractivity contribution in [2.75, 3.05) is 44.2 Å². The standard InChI is InChI=1S/C41H49F3N6O5S/c1-26-19-32(9-7-30(26)23-45)49-38(54)40(2,3)50(39(49)56)31-10-12-34(13-11-31)55-18-17-47-15-16-48(35(25-47)41(42,43)44)24-33(51)22-28-6-4-5-27(20-28)21-29-8-14-36(52)46-37(29)53/h4-7,9,19-20,29,31,34-35H,8,10-18,21-22,24-25H2,1-3H3,(H,46,52,53)/t29?,31?,34?,35-/m1/s1. The molecule has 0 spiro atoms. The second kappa shape index (κ2) is 17.1. The largest absolute Gasteiger partial charge is 0.405 e. The van der Waals surface area contributed by atoms with Crippen LogP contribution >= 0.6 is 12.2 Å². The number of piperazine rings is 1. The molecule has 3 amide bonds. The number of aryl methyl sites for hydroxylation is 1. The van der Waals surface area contributed by atoms with E-state index in [4.69, 9.17) is 17.0 Å². The zero-order chi connectivity index (χ0) is 40.4. The number of rotatable bonds is 12. The number of ether oxygens (including phenoxy) is 1. The van der Waals surface area contributed by atoms with Gasteiger partial charge in [0.05, 0.1) is 36.6 Å². The maximum absolute atomic E-state index is 14.3. The Bertz CT molecular complexity index is 1890. The predicted molar refractivity (Wildman–Crippen MR) is 206 cm³/mol. The van der Waals surface area contributed by atoms with Gasteiger partial charge in [0.1, 0.15) is 11.6 Å². The van der Waals surface area contributed by atoms with Crippen molar-refractivity contribution >= 4 is 46.5 Å². The van der Waals surface area contributed by atoms with Gasteiger partial charge in [-0.2, -0.15) is 18.4 Å². The molecule has 0 aromatic heterocycles. The van der Waals surface area contributed by atoms with Crippen molar-refractivity contribution in [2.24, 2.45) is 5.92 Å². The Balaban J connectivity index is 0.958. The van der Waals surface area contributed by atoms with E-state index in [2.05, 4.69) is 11.4 Å². The molecule has 3 heterocycles. The summed E-state index contributed by atoms with van der Waals surface area (Å²) >= 11 is 5.87. The molecule has 2 atom stereocenters. The van der Waals surface area contributed by atoms with Gasteiger partial charge in [-0.15, -0.1) is 0 Å². The van der Waals surface area contributed by atoms with Crippen molar-refractivity contribution in [3.63, 3.8) is 0 Å². The highest BCUT2D eigenvalue weighted by Crippen LogP contribution is 2.39. The molecule has 0 radical (unpaired) electrons. The number of nitrogens with zero attached hydrogens (tertiary/aromatic N) is 5. The number of piperidine rings is 1. The number of thiocarbonyl (C=S) groups is 1. The summed E-state index contributed by atoms with van der Waals surface area (Å²) in [5, 5.41) is 12.1. The van der Waals surface area contributed by atoms with Crippen molar-refractivity contribution in [2.45, 2.75) is 102 Å². The van der Waals surface area contributed by atoms with E-state index in [9.17, 15) is 37.6 Å². The van der Waals surface area contributed by atoms with Crippen molar-refractivity contribution in [3.05, 3.63) is 64.7 Å². The fourth-order valence-corrected chi connectivity index (χ4v) is 9.12. The van der Waals surface area contributed by atoms with E-state index in [-0.39, 0.29) is 80.7 Å². The third-order valence-corrected chi connectivity index (χ3v) is 12.0. The number of imide groups is 1. The second-order valence-electron chi connectivity index (χ2n) is 16.0. The molecule has 2 aromatic rings. The zero-order valence-electron chi connectivity index (χ0n) is 32.1. The van der Waals surface area contributed by atoms with Crippen molar-refractivity contribution < 1.29 is 37.1 Å². The number of nitriles is 1. The SMILES string of the molecule is Cc1cc(N2C(=O)C(C)(C)N(C3CCC(OCCN4CCN(CC(=O)Cc5cccc(CC6CCC(=O)NC6=O)c5)[C@@H](C(F)(F)F)C4)CC3)C2=S)ccc1C#N. The van der Waals surface area contributed by atoms with Crippen LogP contribution in [0.3, 0.4) is 0 Å². The first kappa shape index (κ1) is 41.4. The molecule has 15 heteroatoms. The van der Waals surface area contributed by atoms with Crippen LogP contribution in [0.1, 0.15) is 74.6 Å². The van der Waals surface area contributed by atoms with Gasteiger partial charge in [-0.05, 0) is 106 Å². The number of carbonyl (C=O) groups is 4. The second-order valence-corrected chi connectivity index (χ2v) is 16.3. The van der Waals surface area contributed by atoms with Crippen molar-refractivity contribution in [1.29, 1.82) is 5.26 Å². The van der Waals surface area contributed by atoms with E-state index in [1.807, 2.05) is 37.8 Å². The van der Waals surface area contributed by atoms with Gasteiger partial charge in [-0.25, -0.2) is 0 Å². The Hall–Kier alpha value is -4.23. The Morgan fingerprint density at radius 1 is 1.04 bits per heavy atom. The first-order valence-corrected chi connectivity index (χ1v) is 19.7. The molecule has 3 aliphatic heterocycles. The molecule has 2 aromatic carbocycles. The molecule has 1 saturated carbocycles. The van der Waals surface area contributed by atoms with Gasteiger partial charge >= 0.3 is 6.18 Å². The summed E-state index contributed by atoms with van der Waals surface area (Å²) in [7, 11) is 0.